The fourth-order valence-corrected chi connectivity index (χ4v) is 6.23. The molecule has 2 saturated heterocycles. The molecule has 0 spiro atoms. The summed E-state index contributed by atoms with van der Waals surface area (Å²) in [6.45, 7) is 3.56. The molecule has 2 aliphatic rings. The van der Waals surface area contributed by atoms with E-state index in [9.17, 15) is 22.8 Å². The van der Waals surface area contributed by atoms with Crippen molar-refractivity contribution >= 4 is 34.9 Å². The van der Waals surface area contributed by atoms with Gasteiger partial charge in [-0.3, -0.25) is 14.7 Å². The SMILES string of the molecule is CCOc1ncccc1-c1ccc(N2CCN3C(=O)N(c4ccc(Cl)cc4C(F)(F)F)C[C@@H]3C2)c(C(=O)NCCCc2ccccn2)n1. The number of nitrogens with zero attached hydrogens (tertiary/aromatic N) is 6. The monoisotopic (exact) mass is 679 g/mol. The first kappa shape index (κ1) is 33.0. The van der Waals surface area contributed by atoms with Gasteiger partial charge in [0.1, 0.15) is 0 Å². The van der Waals surface area contributed by atoms with Gasteiger partial charge < -0.3 is 19.9 Å². The van der Waals surface area contributed by atoms with Crippen molar-refractivity contribution in [3.05, 3.63) is 95.0 Å². The zero-order valence-corrected chi connectivity index (χ0v) is 26.8. The van der Waals surface area contributed by atoms with Gasteiger partial charge in [-0.2, -0.15) is 13.2 Å². The summed E-state index contributed by atoms with van der Waals surface area (Å²) < 4.78 is 47.5. The van der Waals surface area contributed by atoms with E-state index in [1.807, 2.05) is 36.1 Å². The average Bonchev–Trinajstić information content (AvgIpc) is 3.42. The van der Waals surface area contributed by atoms with Gasteiger partial charge in [-0.1, -0.05) is 17.7 Å². The smallest absolute Gasteiger partial charge is 0.418 e. The molecular formula is C34H33ClF3N7O3. The number of carbonyl (C=O) groups excluding carboxylic acids is 2. The normalized spacial score (nSPS) is 16.2. The van der Waals surface area contributed by atoms with Gasteiger partial charge in [-0.05, 0) is 74.4 Å². The highest BCUT2D eigenvalue weighted by Gasteiger charge is 2.45. The number of amides is 3. The number of carbonyl (C=O) groups is 2. The largest absolute Gasteiger partial charge is 0.477 e. The molecule has 2 fully saturated rings. The van der Waals surface area contributed by atoms with E-state index < -0.39 is 23.8 Å². The first-order valence-electron chi connectivity index (χ1n) is 15.6. The number of aromatic nitrogens is 3. The van der Waals surface area contributed by atoms with E-state index in [2.05, 4.69) is 15.3 Å². The Labute approximate surface area is 280 Å². The van der Waals surface area contributed by atoms with Crippen LogP contribution in [0.1, 0.15) is 35.1 Å². The summed E-state index contributed by atoms with van der Waals surface area (Å²) in [6, 6.07) is 15.3. The lowest BCUT2D eigenvalue weighted by atomic mass is 10.1. The van der Waals surface area contributed by atoms with Crippen LogP contribution in [0.2, 0.25) is 5.02 Å². The third-order valence-corrected chi connectivity index (χ3v) is 8.52. The molecule has 1 aromatic carbocycles. The van der Waals surface area contributed by atoms with Crippen molar-refractivity contribution in [3.8, 4) is 17.1 Å². The van der Waals surface area contributed by atoms with Crippen molar-refractivity contribution in [1.29, 1.82) is 0 Å². The number of halogens is 4. The topological polar surface area (TPSA) is 104 Å². The Hall–Kier alpha value is -4.91. The van der Waals surface area contributed by atoms with Gasteiger partial charge in [0.05, 0.1) is 40.8 Å². The van der Waals surface area contributed by atoms with Gasteiger partial charge in [0.2, 0.25) is 5.88 Å². The second-order valence-electron chi connectivity index (χ2n) is 11.4. The molecule has 4 aromatic rings. The van der Waals surface area contributed by atoms with Crippen LogP contribution in [0.15, 0.2) is 73.1 Å². The third-order valence-electron chi connectivity index (χ3n) is 8.29. The van der Waals surface area contributed by atoms with Crippen LogP contribution in [0.5, 0.6) is 5.88 Å². The van der Waals surface area contributed by atoms with Crippen molar-refractivity contribution in [2.45, 2.75) is 32.0 Å². The number of rotatable bonds is 10. The molecule has 3 amide bonds. The van der Waals surface area contributed by atoms with E-state index in [4.69, 9.17) is 21.3 Å². The van der Waals surface area contributed by atoms with E-state index in [1.54, 1.807) is 35.5 Å². The Morgan fingerprint density at radius 1 is 1.02 bits per heavy atom. The second kappa shape index (κ2) is 14.1. The number of ether oxygens (including phenoxy) is 1. The molecule has 10 nitrogen and oxygen atoms in total. The quantitative estimate of drug-likeness (QED) is 0.202. The van der Waals surface area contributed by atoms with Gasteiger partial charge in [-0.15, -0.1) is 0 Å². The van der Waals surface area contributed by atoms with Gasteiger partial charge in [0.25, 0.3) is 5.91 Å². The van der Waals surface area contributed by atoms with Crippen molar-refractivity contribution in [3.63, 3.8) is 0 Å². The Balaban J connectivity index is 1.26. The molecule has 0 bridgehead atoms. The molecule has 6 rings (SSSR count). The number of aryl methyl sites for hydroxylation is 1. The van der Waals surface area contributed by atoms with Crippen LogP contribution in [-0.4, -0.2) is 77.2 Å². The molecule has 0 saturated carbocycles. The van der Waals surface area contributed by atoms with Crippen LogP contribution < -0.4 is 19.9 Å². The molecule has 1 N–H and O–H groups in total. The zero-order valence-electron chi connectivity index (χ0n) is 26.1. The molecule has 5 heterocycles. The summed E-state index contributed by atoms with van der Waals surface area (Å²) >= 11 is 5.89. The number of anilines is 2. The third kappa shape index (κ3) is 7.01. The number of hydrogen-bond acceptors (Lipinski definition) is 7. The second-order valence-corrected chi connectivity index (χ2v) is 11.8. The maximum absolute atomic E-state index is 13.9. The molecule has 1 atom stereocenters. The summed E-state index contributed by atoms with van der Waals surface area (Å²) in [7, 11) is 0. The number of fused-ring (bicyclic) bond motifs is 1. The van der Waals surface area contributed by atoms with E-state index >= 15 is 0 Å². The van der Waals surface area contributed by atoms with Gasteiger partial charge in [0, 0.05) is 55.8 Å². The van der Waals surface area contributed by atoms with Gasteiger partial charge in [0.15, 0.2) is 5.69 Å². The van der Waals surface area contributed by atoms with Crippen LogP contribution in [-0.2, 0) is 12.6 Å². The molecule has 250 valence electrons. The number of benzene rings is 1. The number of nitrogens with one attached hydrogen (secondary N) is 1. The number of hydrogen-bond donors (Lipinski definition) is 1. The van der Waals surface area contributed by atoms with E-state index in [1.165, 1.54) is 12.1 Å². The van der Waals surface area contributed by atoms with Crippen LogP contribution in [0, 0.1) is 0 Å². The molecule has 14 heteroatoms. The van der Waals surface area contributed by atoms with Crippen molar-refractivity contribution in [2.75, 3.05) is 49.1 Å². The summed E-state index contributed by atoms with van der Waals surface area (Å²) in [5.41, 5.74) is 1.57. The van der Waals surface area contributed by atoms with E-state index in [-0.39, 0.29) is 41.9 Å². The lowest BCUT2D eigenvalue weighted by molar-refractivity contribution is -0.137. The highest BCUT2D eigenvalue weighted by Crippen LogP contribution is 2.40. The Kier molecular flexibility index (Phi) is 9.67. The van der Waals surface area contributed by atoms with Gasteiger partial charge in [-0.25, -0.2) is 14.8 Å². The van der Waals surface area contributed by atoms with Crippen LogP contribution >= 0.6 is 11.6 Å². The van der Waals surface area contributed by atoms with Crippen molar-refractivity contribution < 1.29 is 27.5 Å². The van der Waals surface area contributed by atoms with Crippen LogP contribution in [0.25, 0.3) is 11.3 Å². The summed E-state index contributed by atoms with van der Waals surface area (Å²) in [5.74, 6) is 0.0119. The molecular weight excluding hydrogens is 647 g/mol. The molecule has 2 aliphatic heterocycles. The first-order valence-corrected chi connectivity index (χ1v) is 16.0. The first-order chi connectivity index (χ1) is 23.1. The van der Waals surface area contributed by atoms with Crippen LogP contribution in [0.3, 0.4) is 0 Å². The Bertz CT molecular complexity index is 1790. The molecule has 0 unspecified atom stereocenters. The summed E-state index contributed by atoms with van der Waals surface area (Å²) in [6.07, 6.45) is 0.00167. The highest BCUT2D eigenvalue weighted by atomic mass is 35.5. The number of urea groups is 1. The Morgan fingerprint density at radius 3 is 2.60 bits per heavy atom. The maximum Gasteiger partial charge on any atom is 0.418 e. The molecule has 3 aromatic heterocycles. The summed E-state index contributed by atoms with van der Waals surface area (Å²) in [5, 5.41) is 2.91. The lowest BCUT2D eigenvalue weighted by Gasteiger charge is -2.38. The van der Waals surface area contributed by atoms with E-state index in [0.29, 0.717) is 55.4 Å². The predicted molar refractivity (Wildman–Crippen MR) is 175 cm³/mol. The minimum absolute atomic E-state index is 0.0357. The van der Waals surface area contributed by atoms with Crippen molar-refractivity contribution in [2.24, 2.45) is 0 Å². The minimum atomic E-state index is -4.70. The fraction of sp³-hybridized carbons (Fsp3) is 0.324. The highest BCUT2D eigenvalue weighted by molar-refractivity contribution is 6.30. The number of piperazine rings is 1. The average molecular weight is 680 g/mol. The maximum atomic E-state index is 13.9. The minimum Gasteiger partial charge on any atom is -0.477 e. The standard InChI is InChI=1S/C34H33ClF3N7O3/c1-2-48-32-25(9-6-16-41-32)27-11-13-29(30(42-27)31(46)40-15-5-8-23-7-3-4-14-39-23)43-17-18-44-24(20-43)21-45(33(44)47)28-12-10-22(35)19-26(28)34(36,37)38/h3-4,6-7,9-14,16,19,24H,2,5,8,15,17-18,20-21H2,1H3,(H,40,46)/t24-/m0/s1. The Morgan fingerprint density at radius 2 is 1.83 bits per heavy atom. The molecule has 0 radical (unpaired) electrons. The van der Waals surface area contributed by atoms with Gasteiger partial charge >= 0.3 is 12.2 Å². The number of alkyl halides is 3. The molecule has 48 heavy (non-hydrogen) atoms. The number of pyridine rings is 3. The zero-order chi connectivity index (χ0) is 33.8. The summed E-state index contributed by atoms with van der Waals surface area (Å²) in [4.78, 5) is 45.3. The lowest BCUT2D eigenvalue weighted by Crippen LogP contribution is -2.52. The van der Waals surface area contributed by atoms with Crippen molar-refractivity contribution in [1.82, 2.24) is 25.2 Å². The molecule has 0 aliphatic carbocycles. The van der Waals surface area contributed by atoms with Crippen LogP contribution in [0.4, 0.5) is 29.3 Å². The van der Waals surface area contributed by atoms with E-state index in [0.717, 1.165) is 16.7 Å². The fourth-order valence-electron chi connectivity index (χ4n) is 6.06. The predicted octanol–water partition coefficient (Wildman–Crippen LogP) is 6.10.